The minimum absolute atomic E-state index is 0.0219. The van der Waals surface area contributed by atoms with E-state index in [2.05, 4.69) is 22.5 Å². The van der Waals surface area contributed by atoms with Crippen molar-refractivity contribution in [1.82, 2.24) is 9.78 Å². The van der Waals surface area contributed by atoms with E-state index in [-0.39, 0.29) is 22.7 Å². The Bertz CT molecular complexity index is 1010. The first kappa shape index (κ1) is 19.0. The molecule has 1 saturated heterocycles. The Morgan fingerprint density at radius 1 is 1.07 bits per heavy atom. The number of halogens is 2. The highest BCUT2D eigenvalue weighted by atomic mass is 35.5. The summed E-state index contributed by atoms with van der Waals surface area (Å²) in [5, 5.41) is 8.34. The lowest BCUT2D eigenvalue weighted by Crippen LogP contribution is -2.31. The van der Waals surface area contributed by atoms with Crippen molar-refractivity contribution in [1.29, 1.82) is 0 Å². The molecule has 1 aliphatic heterocycles. The van der Waals surface area contributed by atoms with Crippen molar-refractivity contribution in [3.63, 3.8) is 0 Å². The van der Waals surface area contributed by atoms with Crippen LogP contribution < -0.4 is 10.9 Å². The van der Waals surface area contributed by atoms with Gasteiger partial charge in [0.05, 0.1) is 23.7 Å². The van der Waals surface area contributed by atoms with Crippen LogP contribution in [0.25, 0.3) is 5.69 Å². The largest absolute Gasteiger partial charge is 0.379 e. The normalized spacial score (nSPS) is 19.4. The molecule has 1 aliphatic rings. The summed E-state index contributed by atoms with van der Waals surface area (Å²) in [5.41, 5.74) is 1.92. The lowest BCUT2D eigenvalue weighted by Gasteiger charge is -2.31. The molecule has 0 aliphatic carbocycles. The predicted molar refractivity (Wildman–Crippen MR) is 112 cm³/mol. The molecule has 2 atom stereocenters. The summed E-state index contributed by atoms with van der Waals surface area (Å²) in [4.78, 5) is 12.7. The zero-order valence-electron chi connectivity index (χ0n) is 15.0. The fourth-order valence-corrected chi connectivity index (χ4v) is 3.66. The maximum Gasteiger partial charge on any atom is 0.292 e. The van der Waals surface area contributed by atoms with Gasteiger partial charge in [0.2, 0.25) is 0 Å². The van der Waals surface area contributed by atoms with Crippen molar-refractivity contribution in [2.75, 3.05) is 11.9 Å². The summed E-state index contributed by atoms with van der Waals surface area (Å²) in [5.74, 6) is 0. The first-order valence-corrected chi connectivity index (χ1v) is 9.84. The van der Waals surface area contributed by atoms with Crippen molar-refractivity contribution in [2.24, 2.45) is 0 Å². The van der Waals surface area contributed by atoms with Gasteiger partial charge in [0.15, 0.2) is 0 Å². The Hall–Kier alpha value is -2.34. The van der Waals surface area contributed by atoms with E-state index >= 15 is 0 Å². The molecule has 2 aromatic carbocycles. The van der Waals surface area contributed by atoms with E-state index in [0.29, 0.717) is 23.0 Å². The average molecular weight is 416 g/mol. The first-order valence-electron chi connectivity index (χ1n) is 9.08. The molecule has 5 nitrogen and oxygen atoms in total. The van der Waals surface area contributed by atoms with Gasteiger partial charge in [-0.15, -0.1) is 0 Å². The number of ether oxygens (including phenoxy) is 1. The van der Waals surface area contributed by atoms with Crippen molar-refractivity contribution in [2.45, 2.75) is 25.0 Å². The van der Waals surface area contributed by atoms with Crippen LogP contribution in [0.3, 0.4) is 0 Å². The van der Waals surface area contributed by atoms with Crippen LogP contribution in [0.5, 0.6) is 0 Å². The van der Waals surface area contributed by atoms with E-state index in [4.69, 9.17) is 27.9 Å². The van der Waals surface area contributed by atoms with Gasteiger partial charge in [-0.2, -0.15) is 9.78 Å². The van der Waals surface area contributed by atoms with Gasteiger partial charge < -0.3 is 10.1 Å². The number of benzene rings is 2. The Labute approximate surface area is 172 Å². The van der Waals surface area contributed by atoms with E-state index < -0.39 is 0 Å². The van der Waals surface area contributed by atoms with Gasteiger partial charge in [-0.25, -0.2) is 0 Å². The monoisotopic (exact) mass is 415 g/mol. The second-order valence-electron chi connectivity index (χ2n) is 6.70. The first-order chi connectivity index (χ1) is 13.6. The number of hydrogen-bond acceptors (Lipinski definition) is 4. The summed E-state index contributed by atoms with van der Waals surface area (Å²) in [6.07, 6.45) is 3.24. The second-order valence-corrected chi connectivity index (χ2v) is 7.52. The molecule has 1 fully saturated rings. The van der Waals surface area contributed by atoms with Crippen molar-refractivity contribution >= 4 is 28.9 Å². The SMILES string of the molecule is O=c1c(Cl)c(NC2CCOC(c3ccccc3)C2)cnn1-c1ccc(Cl)cc1. The lowest BCUT2D eigenvalue weighted by molar-refractivity contribution is 0.00979. The Kier molecular flexibility index (Phi) is 5.67. The van der Waals surface area contributed by atoms with E-state index in [9.17, 15) is 4.79 Å². The number of hydrogen-bond donors (Lipinski definition) is 1. The highest BCUT2D eigenvalue weighted by Gasteiger charge is 2.25. The van der Waals surface area contributed by atoms with Crippen LogP contribution in [0.1, 0.15) is 24.5 Å². The van der Waals surface area contributed by atoms with Crippen LogP contribution in [0.4, 0.5) is 5.69 Å². The number of anilines is 1. The van der Waals surface area contributed by atoms with E-state index in [1.54, 1.807) is 30.5 Å². The van der Waals surface area contributed by atoms with Crippen molar-refractivity contribution in [3.05, 3.63) is 86.8 Å². The highest BCUT2D eigenvalue weighted by molar-refractivity contribution is 6.33. The van der Waals surface area contributed by atoms with Gasteiger partial charge >= 0.3 is 0 Å². The molecule has 144 valence electrons. The van der Waals surface area contributed by atoms with Gasteiger partial charge in [-0.1, -0.05) is 53.5 Å². The molecule has 1 aromatic heterocycles. The molecule has 1 N–H and O–H groups in total. The van der Waals surface area contributed by atoms with Crippen LogP contribution >= 0.6 is 23.2 Å². The molecule has 7 heteroatoms. The van der Waals surface area contributed by atoms with Crippen LogP contribution in [-0.2, 0) is 4.74 Å². The van der Waals surface area contributed by atoms with Gasteiger partial charge in [-0.05, 0) is 42.7 Å². The smallest absolute Gasteiger partial charge is 0.292 e. The number of nitrogens with zero attached hydrogens (tertiary/aromatic N) is 2. The second kappa shape index (κ2) is 8.35. The molecular weight excluding hydrogens is 397 g/mol. The zero-order chi connectivity index (χ0) is 19.5. The van der Waals surface area contributed by atoms with Crippen molar-refractivity contribution < 1.29 is 4.74 Å². The molecule has 3 aromatic rings. The zero-order valence-corrected chi connectivity index (χ0v) is 16.5. The minimum Gasteiger partial charge on any atom is -0.379 e. The van der Waals surface area contributed by atoms with Crippen molar-refractivity contribution in [3.8, 4) is 5.69 Å². The molecule has 2 heterocycles. The van der Waals surface area contributed by atoms with Crippen LogP contribution in [0, 0.1) is 0 Å². The third-order valence-corrected chi connectivity index (χ3v) is 5.42. The maximum absolute atomic E-state index is 12.7. The number of nitrogens with one attached hydrogen (secondary N) is 1. The van der Waals surface area contributed by atoms with Gasteiger partial charge in [0, 0.05) is 17.7 Å². The summed E-state index contributed by atoms with van der Waals surface area (Å²) in [6, 6.07) is 17.1. The summed E-state index contributed by atoms with van der Waals surface area (Å²) in [7, 11) is 0. The Balaban J connectivity index is 1.53. The van der Waals surface area contributed by atoms with Crippen LogP contribution in [-0.4, -0.2) is 22.4 Å². The third kappa shape index (κ3) is 4.07. The van der Waals surface area contributed by atoms with E-state index in [0.717, 1.165) is 18.4 Å². The Morgan fingerprint density at radius 2 is 1.82 bits per heavy atom. The highest BCUT2D eigenvalue weighted by Crippen LogP contribution is 2.30. The van der Waals surface area contributed by atoms with Gasteiger partial charge in [-0.3, -0.25) is 4.79 Å². The molecule has 2 unspecified atom stereocenters. The van der Waals surface area contributed by atoms with Gasteiger partial charge in [0.25, 0.3) is 5.56 Å². The molecule has 0 spiro atoms. The molecular formula is C21H19Cl2N3O2. The quantitative estimate of drug-likeness (QED) is 0.659. The minimum atomic E-state index is -0.374. The van der Waals surface area contributed by atoms with E-state index in [1.165, 1.54) is 4.68 Å². The molecule has 0 saturated carbocycles. The lowest BCUT2D eigenvalue weighted by atomic mass is 9.97. The van der Waals surface area contributed by atoms with E-state index in [1.807, 2.05) is 18.2 Å². The number of rotatable bonds is 4. The van der Waals surface area contributed by atoms with Gasteiger partial charge in [0.1, 0.15) is 5.02 Å². The van der Waals surface area contributed by atoms with Crippen LogP contribution in [0.15, 0.2) is 65.6 Å². The maximum atomic E-state index is 12.7. The molecule has 4 rings (SSSR count). The van der Waals surface area contributed by atoms with Crippen LogP contribution in [0.2, 0.25) is 10.0 Å². The predicted octanol–water partition coefficient (Wildman–Crippen LogP) is 4.87. The summed E-state index contributed by atoms with van der Waals surface area (Å²) < 4.78 is 7.17. The third-order valence-electron chi connectivity index (χ3n) is 4.81. The molecule has 28 heavy (non-hydrogen) atoms. The molecule has 0 bridgehead atoms. The fourth-order valence-electron chi connectivity index (χ4n) is 3.35. The molecule has 0 radical (unpaired) electrons. The summed E-state index contributed by atoms with van der Waals surface area (Å²) >= 11 is 12.3. The topological polar surface area (TPSA) is 56.1 Å². The average Bonchev–Trinajstić information content (AvgIpc) is 2.73. The fraction of sp³-hybridized carbons (Fsp3) is 0.238. The number of aromatic nitrogens is 2. The standard InChI is InChI=1S/C21H19Cl2N3O2/c22-15-6-8-17(9-7-15)26-21(27)20(23)18(13-24-26)25-16-10-11-28-19(12-16)14-4-2-1-3-5-14/h1-9,13,16,19,25H,10-12H2. The Morgan fingerprint density at radius 3 is 2.57 bits per heavy atom. The molecule has 0 amide bonds. The summed E-state index contributed by atoms with van der Waals surface area (Å²) in [6.45, 7) is 0.643.